The highest BCUT2D eigenvalue weighted by molar-refractivity contribution is 6.42. The zero-order valence-electron chi connectivity index (χ0n) is 14.1. The van der Waals surface area contributed by atoms with Gasteiger partial charge in [-0.1, -0.05) is 40.9 Å². The van der Waals surface area contributed by atoms with Crippen molar-refractivity contribution in [2.75, 3.05) is 10.6 Å². The van der Waals surface area contributed by atoms with E-state index in [9.17, 15) is 10.1 Å². The third-order valence-corrected chi connectivity index (χ3v) is 4.32. The first-order valence-corrected chi connectivity index (χ1v) is 8.28. The van der Waals surface area contributed by atoms with Crippen molar-refractivity contribution in [1.82, 2.24) is 0 Å². The monoisotopic (exact) mass is 373 g/mol. The number of hydrogen-bond acceptors (Lipinski definition) is 3. The molecule has 2 N–H and O–H groups in total. The first kappa shape index (κ1) is 18.9. The molecule has 0 heterocycles. The van der Waals surface area contributed by atoms with E-state index in [1.54, 1.807) is 12.1 Å². The number of carbonyl (C=O) groups excluding carboxylic acids is 1. The first-order chi connectivity index (χ1) is 11.8. The molecule has 0 aliphatic heterocycles. The number of nitriles is 1. The molecule has 6 heteroatoms. The molecule has 0 atom stereocenters. The second-order valence-electron chi connectivity index (χ2n) is 5.67. The average Bonchev–Trinajstić information content (AvgIpc) is 2.53. The topological polar surface area (TPSA) is 64.9 Å². The summed E-state index contributed by atoms with van der Waals surface area (Å²) in [6.45, 7) is 5.96. The summed E-state index contributed by atoms with van der Waals surface area (Å²) in [6.07, 6.45) is 1.40. The van der Waals surface area contributed by atoms with Crippen LogP contribution in [-0.4, -0.2) is 5.91 Å². The molecule has 0 saturated carbocycles. The number of halogens is 2. The fraction of sp³-hybridized carbons (Fsp3) is 0.158. The number of nitrogens with zero attached hydrogens (tertiary/aromatic N) is 1. The van der Waals surface area contributed by atoms with Gasteiger partial charge in [0.2, 0.25) is 0 Å². The minimum absolute atomic E-state index is 0.0505. The highest BCUT2D eigenvalue weighted by atomic mass is 35.5. The zero-order valence-corrected chi connectivity index (χ0v) is 15.6. The van der Waals surface area contributed by atoms with Crippen molar-refractivity contribution in [1.29, 1.82) is 5.26 Å². The Hall–Kier alpha value is -2.48. The summed E-state index contributed by atoms with van der Waals surface area (Å²) in [4.78, 5) is 12.3. The van der Waals surface area contributed by atoms with Crippen molar-refractivity contribution in [3.05, 3.63) is 68.8 Å². The number of nitrogens with one attached hydrogen (secondary N) is 2. The first-order valence-electron chi connectivity index (χ1n) is 7.53. The number of hydrogen-bond donors (Lipinski definition) is 2. The van der Waals surface area contributed by atoms with Gasteiger partial charge >= 0.3 is 0 Å². The van der Waals surface area contributed by atoms with Crippen LogP contribution in [-0.2, 0) is 4.79 Å². The largest absolute Gasteiger partial charge is 0.360 e. The SMILES string of the molecule is Cc1cc(C)c(N/C=C(/C#N)C(=O)Nc2ccc(Cl)c(Cl)c2)c(C)c1. The van der Waals surface area contributed by atoms with E-state index >= 15 is 0 Å². The van der Waals surface area contributed by atoms with Gasteiger partial charge in [0.05, 0.1) is 10.0 Å². The molecule has 0 fully saturated rings. The van der Waals surface area contributed by atoms with Crippen LogP contribution in [0.5, 0.6) is 0 Å². The quantitative estimate of drug-likeness (QED) is 0.558. The van der Waals surface area contributed by atoms with Crippen LogP contribution in [0.3, 0.4) is 0 Å². The Bertz CT molecular complexity index is 875. The highest BCUT2D eigenvalue weighted by Crippen LogP contribution is 2.25. The molecule has 128 valence electrons. The van der Waals surface area contributed by atoms with Gasteiger partial charge in [0.15, 0.2) is 0 Å². The van der Waals surface area contributed by atoms with Gasteiger partial charge < -0.3 is 10.6 Å². The summed E-state index contributed by atoms with van der Waals surface area (Å²) in [5.74, 6) is -0.532. The number of carbonyl (C=O) groups is 1. The fourth-order valence-electron chi connectivity index (χ4n) is 2.47. The smallest absolute Gasteiger partial charge is 0.267 e. The Morgan fingerprint density at radius 3 is 2.28 bits per heavy atom. The van der Waals surface area contributed by atoms with E-state index in [2.05, 4.69) is 10.6 Å². The van der Waals surface area contributed by atoms with E-state index in [1.165, 1.54) is 12.3 Å². The van der Waals surface area contributed by atoms with Crippen LogP contribution in [0.2, 0.25) is 10.0 Å². The van der Waals surface area contributed by atoms with Crippen molar-refractivity contribution < 1.29 is 4.79 Å². The molecule has 0 spiro atoms. The number of rotatable bonds is 4. The molecule has 0 aliphatic rings. The van der Waals surface area contributed by atoms with Gasteiger partial charge in [-0.25, -0.2) is 0 Å². The van der Waals surface area contributed by atoms with Crippen molar-refractivity contribution >= 4 is 40.5 Å². The Kier molecular flexibility index (Phi) is 6.08. The van der Waals surface area contributed by atoms with Gasteiger partial charge in [-0.3, -0.25) is 4.79 Å². The van der Waals surface area contributed by atoms with Crippen LogP contribution in [0.15, 0.2) is 42.1 Å². The second-order valence-corrected chi connectivity index (χ2v) is 6.49. The molecule has 0 bridgehead atoms. The number of anilines is 2. The van der Waals surface area contributed by atoms with E-state index < -0.39 is 5.91 Å². The molecular formula is C19H17Cl2N3O. The average molecular weight is 374 g/mol. The lowest BCUT2D eigenvalue weighted by Crippen LogP contribution is -2.14. The summed E-state index contributed by atoms with van der Waals surface area (Å²) in [5, 5.41) is 15.7. The van der Waals surface area contributed by atoms with Gasteiger partial charge in [0.25, 0.3) is 5.91 Å². The van der Waals surface area contributed by atoms with Crippen molar-refractivity contribution in [2.24, 2.45) is 0 Å². The second kappa shape index (κ2) is 8.06. The van der Waals surface area contributed by atoms with Gasteiger partial charge in [-0.05, 0) is 50.1 Å². The van der Waals surface area contributed by atoms with Crippen molar-refractivity contribution in [3.63, 3.8) is 0 Å². The zero-order chi connectivity index (χ0) is 18.6. The van der Waals surface area contributed by atoms with Gasteiger partial charge in [-0.2, -0.15) is 5.26 Å². The molecule has 0 aliphatic carbocycles. The minimum atomic E-state index is -0.532. The molecule has 2 rings (SSSR count). The Morgan fingerprint density at radius 2 is 1.72 bits per heavy atom. The van der Waals surface area contributed by atoms with Gasteiger partial charge in [-0.15, -0.1) is 0 Å². The molecule has 0 radical (unpaired) electrons. The number of aryl methyl sites for hydroxylation is 3. The third-order valence-electron chi connectivity index (χ3n) is 3.58. The minimum Gasteiger partial charge on any atom is -0.360 e. The normalized spacial score (nSPS) is 11.0. The van der Waals surface area contributed by atoms with E-state index in [0.29, 0.717) is 15.7 Å². The summed E-state index contributed by atoms with van der Waals surface area (Å²) in [6, 6.07) is 10.7. The molecule has 0 aromatic heterocycles. The number of benzene rings is 2. The standard InChI is InChI=1S/C19H17Cl2N3O/c1-11-6-12(2)18(13(3)7-11)23-10-14(9-22)19(25)24-15-4-5-16(20)17(21)8-15/h4-8,10,23H,1-3H3,(H,24,25)/b14-10-. The Labute approximate surface area is 157 Å². The predicted octanol–water partition coefficient (Wildman–Crippen LogP) is 5.38. The van der Waals surface area contributed by atoms with Crippen LogP contribution < -0.4 is 10.6 Å². The van der Waals surface area contributed by atoms with Crippen molar-refractivity contribution in [3.8, 4) is 6.07 Å². The maximum absolute atomic E-state index is 12.3. The van der Waals surface area contributed by atoms with Gasteiger partial charge in [0, 0.05) is 17.6 Å². The van der Waals surface area contributed by atoms with Crippen LogP contribution in [0.25, 0.3) is 0 Å². The lowest BCUT2D eigenvalue weighted by molar-refractivity contribution is -0.112. The molecule has 25 heavy (non-hydrogen) atoms. The lowest BCUT2D eigenvalue weighted by Gasteiger charge is -2.11. The van der Waals surface area contributed by atoms with E-state index in [-0.39, 0.29) is 5.57 Å². The maximum Gasteiger partial charge on any atom is 0.267 e. The summed E-state index contributed by atoms with van der Waals surface area (Å²) >= 11 is 11.8. The fourth-order valence-corrected chi connectivity index (χ4v) is 2.77. The predicted molar refractivity (Wildman–Crippen MR) is 103 cm³/mol. The molecule has 1 amide bonds. The van der Waals surface area contributed by atoms with Crippen LogP contribution in [0, 0.1) is 32.1 Å². The third kappa shape index (κ3) is 4.76. The van der Waals surface area contributed by atoms with Gasteiger partial charge in [0.1, 0.15) is 11.6 Å². The summed E-state index contributed by atoms with van der Waals surface area (Å²) in [7, 11) is 0. The maximum atomic E-state index is 12.3. The van der Waals surface area contributed by atoms with Crippen LogP contribution in [0.1, 0.15) is 16.7 Å². The van der Waals surface area contributed by atoms with E-state index in [1.807, 2.05) is 39.0 Å². The molecule has 2 aromatic carbocycles. The lowest BCUT2D eigenvalue weighted by atomic mass is 10.1. The van der Waals surface area contributed by atoms with E-state index in [0.717, 1.165) is 22.4 Å². The Balaban J connectivity index is 2.18. The van der Waals surface area contributed by atoms with Crippen LogP contribution >= 0.6 is 23.2 Å². The van der Waals surface area contributed by atoms with E-state index in [4.69, 9.17) is 23.2 Å². The molecule has 2 aromatic rings. The number of amides is 1. The molecule has 0 saturated heterocycles. The molecule has 0 unspecified atom stereocenters. The summed E-state index contributed by atoms with van der Waals surface area (Å²) < 4.78 is 0. The molecule has 4 nitrogen and oxygen atoms in total. The Morgan fingerprint density at radius 1 is 1.08 bits per heavy atom. The summed E-state index contributed by atoms with van der Waals surface area (Å²) in [5.41, 5.74) is 4.52. The highest BCUT2D eigenvalue weighted by Gasteiger charge is 2.11. The van der Waals surface area contributed by atoms with Crippen molar-refractivity contribution in [2.45, 2.75) is 20.8 Å². The van der Waals surface area contributed by atoms with Crippen LogP contribution in [0.4, 0.5) is 11.4 Å². The molecular weight excluding hydrogens is 357 g/mol.